The summed E-state index contributed by atoms with van der Waals surface area (Å²) in [5, 5.41) is 3.57. The molecule has 2 nitrogen and oxygen atoms in total. The number of hydrogen-bond acceptors (Lipinski definition) is 2. The third kappa shape index (κ3) is 3.83. The molecule has 2 rings (SSSR count). The van der Waals surface area contributed by atoms with Gasteiger partial charge in [0, 0.05) is 19.7 Å². The van der Waals surface area contributed by atoms with Gasteiger partial charge >= 0.3 is 0 Å². The Kier molecular flexibility index (Phi) is 5.02. The van der Waals surface area contributed by atoms with Crippen LogP contribution >= 0.6 is 0 Å². The van der Waals surface area contributed by atoms with Crippen molar-refractivity contribution in [1.82, 2.24) is 5.32 Å². The van der Waals surface area contributed by atoms with E-state index in [1.807, 2.05) is 0 Å². The van der Waals surface area contributed by atoms with E-state index in [1.54, 1.807) is 0 Å². The molecule has 0 saturated carbocycles. The van der Waals surface area contributed by atoms with Crippen LogP contribution in [0, 0.1) is 5.92 Å². The first-order valence-electron chi connectivity index (χ1n) is 6.75. The van der Waals surface area contributed by atoms with Gasteiger partial charge in [-0.3, -0.25) is 0 Å². The van der Waals surface area contributed by atoms with Gasteiger partial charge in [0.25, 0.3) is 0 Å². The molecule has 0 spiro atoms. The normalized spacial score (nSPS) is 20.4. The summed E-state index contributed by atoms with van der Waals surface area (Å²) < 4.78 is 5.49. The average Bonchev–Trinajstić information content (AvgIpc) is 2.40. The second kappa shape index (κ2) is 6.77. The SMILES string of the molecule is CCc1ccccc1CNCC1CCCOC1. The number of ether oxygens (including phenoxy) is 1. The first kappa shape index (κ1) is 12.6. The van der Waals surface area contributed by atoms with Crippen LogP contribution in [0.5, 0.6) is 0 Å². The van der Waals surface area contributed by atoms with E-state index in [2.05, 4.69) is 36.5 Å². The van der Waals surface area contributed by atoms with Crippen LogP contribution in [0.25, 0.3) is 0 Å². The van der Waals surface area contributed by atoms with Gasteiger partial charge in [0.15, 0.2) is 0 Å². The summed E-state index contributed by atoms with van der Waals surface area (Å²) in [7, 11) is 0. The highest BCUT2D eigenvalue weighted by Crippen LogP contribution is 2.13. The van der Waals surface area contributed by atoms with Crippen LogP contribution < -0.4 is 5.32 Å². The lowest BCUT2D eigenvalue weighted by Crippen LogP contribution is -2.29. The zero-order valence-electron chi connectivity index (χ0n) is 10.7. The number of rotatable bonds is 5. The number of hydrogen-bond donors (Lipinski definition) is 1. The third-order valence-electron chi connectivity index (χ3n) is 3.50. The second-order valence-electron chi connectivity index (χ2n) is 4.84. The Morgan fingerprint density at radius 3 is 2.82 bits per heavy atom. The van der Waals surface area contributed by atoms with Crippen molar-refractivity contribution in [2.24, 2.45) is 5.92 Å². The molecule has 1 unspecified atom stereocenters. The predicted octanol–water partition coefficient (Wildman–Crippen LogP) is 2.77. The third-order valence-corrected chi connectivity index (χ3v) is 3.50. The topological polar surface area (TPSA) is 21.3 Å². The standard InChI is InChI=1S/C15H23NO/c1-2-14-7-3-4-8-15(14)11-16-10-13-6-5-9-17-12-13/h3-4,7-8,13,16H,2,5-6,9-12H2,1H3. The molecule has 1 aliphatic heterocycles. The van der Waals surface area contributed by atoms with Gasteiger partial charge < -0.3 is 10.1 Å². The molecule has 0 radical (unpaired) electrons. The smallest absolute Gasteiger partial charge is 0.0506 e. The van der Waals surface area contributed by atoms with Crippen LogP contribution in [0.2, 0.25) is 0 Å². The van der Waals surface area contributed by atoms with Crippen LogP contribution in [0.15, 0.2) is 24.3 Å². The summed E-state index contributed by atoms with van der Waals surface area (Å²) in [5.74, 6) is 0.706. The van der Waals surface area contributed by atoms with E-state index in [-0.39, 0.29) is 0 Å². The molecule has 1 aromatic carbocycles. The van der Waals surface area contributed by atoms with E-state index >= 15 is 0 Å². The van der Waals surface area contributed by atoms with Gasteiger partial charge in [-0.1, -0.05) is 31.2 Å². The predicted molar refractivity (Wildman–Crippen MR) is 71.1 cm³/mol. The van der Waals surface area contributed by atoms with E-state index in [0.29, 0.717) is 5.92 Å². The molecule has 1 N–H and O–H groups in total. The zero-order valence-corrected chi connectivity index (χ0v) is 10.7. The molecule has 1 fully saturated rings. The van der Waals surface area contributed by atoms with Gasteiger partial charge in [-0.05, 0) is 36.3 Å². The molecule has 1 saturated heterocycles. The van der Waals surface area contributed by atoms with E-state index < -0.39 is 0 Å². The Morgan fingerprint density at radius 2 is 2.12 bits per heavy atom. The number of benzene rings is 1. The molecular formula is C15H23NO. The van der Waals surface area contributed by atoms with Gasteiger partial charge in [0.1, 0.15) is 0 Å². The molecule has 0 bridgehead atoms. The van der Waals surface area contributed by atoms with Crippen molar-refractivity contribution in [1.29, 1.82) is 0 Å². The average molecular weight is 233 g/mol. The molecule has 1 atom stereocenters. The van der Waals surface area contributed by atoms with Crippen molar-refractivity contribution in [3.05, 3.63) is 35.4 Å². The highest BCUT2D eigenvalue weighted by atomic mass is 16.5. The van der Waals surface area contributed by atoms with Crippen LogP contribution in [-0.4, -0.2) is 19.8 Å². The summed E-state index contributed by atoms with van der Waals surface area (Å²) in [6, 6.07) is 8.70. The fourth-order valence-corrected chi connectivity index (χ4v) is 2.45. The lowest BCUT2D eigenvalue weighted by Gasteiger charge is -2.22. The van der Waals surface area contributed by atoms with Crippen LogP contribution in [0.1, 0.15) is 30.9 Å². The van der Waals surface area contributed by atoms with Gasteiger partial charge in [0.05, 0.1) is 6.61 Å². The maximum absolute atomic E-state index is 5.49. The Balaban J connectivity index is 1.77. The zero-order chi connectivity index (χ0) is 11.9. The van der Waals surface area contributed by atoms with E-state index in [0.717, 1.165) is 32.7 Å². The highest BCUT2D eigenvalue weighted by molar-refractivity contribution is 5.26. The largest absolute Gasteiger partial charge is 0.381 e. The van der Waals surface area contributed by atoms with E-state index in [1.165, 1.54) is 24.0 Å². The molecule has 1 aliphatic rings. The van der Waals surface area contributed by atoms with Gasteiger partial charge in [-0.15, -0.1) is 0 Å². The maximum atomic E-state index is 5.49. The molecular weight excluding hydrogens is 210 g/mol. The molecule has 1 aromatic rings. The summed E-state index contributed by atoms with van der Waals surface area (Å²) >= 11 is 0. The van der Waals surface area contributed by atoms with Crippen molar-refractivity contribution in [2.45, 2.75) is 32.7 Å². The molecule has 0 aromatic heterocycles. The van der Waals surface area contributed by atoms with Gasteiger partial charge in [-0.25, -0.2) is 0 Å². The minimum Gasteiger partial charge on any atom is -0.381 e. The number of aryl methyl sites for hydroxylation is 1. The van der Waals surface area contributed by atoms with Crippen molar-refractivity contribution in [3.8, 4) is 0 Å². The van der Waals surface area contributed by atoms with Crippen molar-refractivity contribution in [2.75, 3.05) is 19.8 Å². The van der Waals surface area contributed by atoms with Gasteiger partial charge in [0.2, 0.25) is 0 Å². The monoisotopic (exact) mass is 233 g/mol. The van der Waals surface area contributed by atoms with Crippen LogP contribution in [0.4, 0.5) is 0 Å². The summed E-state index contributed by atoms with van der Waals surface area (Å²) in [5.41, 5.74) is 2.90. The maximum Gasteiger partial charge on any atom is 0.0506 e. The quantitative estimate of drug-likeness (QED) is 0.844. The minimum absolute atomic E-state index is 0.706. The molecule has 17 heavy (non-hydrogen) atoms. The van der Waals surface area contributed by atoms with E-state index in [4.69, 9.17) is 4.74 Å². The van der Waals surface area contributed by atoms with Crippen LogP contribution in [0.3, 0.4) is 0 Å². The Hall–Kier alpha value is -0.860. The molecule has 94 valence electrons. The Morgan fingerprint density at radius 1 is 1.29 bits per heavy atom. The first-order chi connectivity index (χ1) is 8.40. The van der Waals surface area contributed by atoms with Crippen molar-refractivity contribution < 1.29 is 4.74 Å². The molecule has 0 amide bonds. The highest BCUT2D eigenvalue weighted by Gasteiger charge is 2.13. The Labute approximate surface area is 104 Å². The summed E-state index contributed by atoms with van der Waals surface area (Å²) in [6.45, 7) is 6.17. The lowest BCUT2D eigenvalue weighted by molar-refractivity contribution is 0.0547. The lowest BCUT2D eigenvalue weighted by atomic mass is 10.0. The van der Waals surface area contributed by atoms with Crippen molar-refractivity contribution in [3.63, 3.8) is 0 Å². The second-order valence-corrected chi connectivity index (χ2v) is 4.84. The first-order valence-corrected chi connectivity index (χ1v) is 6.75. The number of nitrogens with one attached hydrogen (secondary N) is 1. The fourth-order valence-electron chi connectivity index (χ4n) is 2.45. The van der Waals surface area contributed by atoms with Gasteiger partial charge in [-0.2, -0.15) is 0 Å². The fraction of sp³-hybridized carbons (Fsp3) is 0.600. The van der Waals surface area contributed by atoms with Crippen LogP contribution in [-0.2, 0) is 17.7 Å². The summed E-state index contributed by atoms with van der Waals surface area (Å²) in [4.78, 5) is 0. The van der Waals surface area contributed by atoms with E-state index in [9.17, 15) is 0 Å². The molecule has 2 heteroatoms. The molecule has 1 heterocycles. The minimum atomic E-state index is 0.706. The Bertz CT molecular complexity index is 331. The molecule has 0 aliphatic carbocycles. The summed E-state index contributed by atoms with van der Waals surface area (Å²) in [6.07, 6.45) is 3.64. The van der Waals surface area contributed by atoms with Crippen molar-refractivity contribution >= 4 is 0 Å².